The summed E-state index contributed by atoms with van der Waals surface area (Å²) in [5.41, 5.74) is 6.27. The summed E-state index contributed by atoms with van der Waals surface area (Å²) in [7, 11) is 0. The van der Waals surface area contributed by atoms with E-state index in [0.29, 0.717) is 16.0 Å². The first-order valence-corrected chi connectivity index (χ1v) is 5.37. The Morgan fingerprint density at radius 3 is 2.53 bits per heavy atom. The average Bonchev–Trinajstić information content (AvgIpc) is 2.28. The van der Waals surface area contributed by atoms with Crippen LogP contribution < -0.4 is 5.73 Å². The van der Waals surface area contributed by atoms with Gasteiger partial charge < -0.3 is 10.3 Å². The highest BCUT2D eigenvalue weighted by atomic mass is 32.2. The van der Waals surface area contributed by atoms with Crippen LogP contribution in [0.2, 0.25) is 0 Å². The number of nitroso groups, excluding NO2 is 1. The Labute approximate surface area is 89.4 Å². The Morgan fingerprint density at radius 1 is 1.20 bits per heavy atom. The van der Waals surface area contributed by atoms with Gasteiger partial charge in [0.25, 0.3) is 0 Å². The van der Waals surface area contributed by atoms with Gasteiger partial charge in [0.15, 0.2) is 20.8 Å². The van der Waals surface area contributed by atoms with E-state index in [1.165, 1.54) is 0 Å². The number of nitrogens with two attached hydrogens (primary N) is 1. The van der Waals surface area contributed by atoms with E-state index in [9.17, 15) is 9.46 Å². The molecule has 2 N–H and O–H groups in total. The number of benzene rings is 2. The summed E-state index contributed by atoms with van der Waals surface area (Å²) in [5.74, 6) is 0. The summed E-state index contributed by atoms with van der Waals surface area (Å²) in [5, 5.41) is 1.49. The van der Waals surface area contributed by atoms with E-state index in [1.54, 1.807) is 24.3 Å². The largest absolute Gasteiger partial charge is 0.583 e. The molecule has 0 aliphatic carbocycles. The van der Waals surface area contributed by atoms with Crippen LogP contribution >= 0.6 is 0 Å². The van der Waals surface area contributed by atoms with Gasteiger partial charge in [-0.25, -0.2) is 0 Å². The van der Waals surface area contributed by atoms with Crippen LogP contribution in [0.1, 0.15) is 0 Å². The molecule has 0 fully saturated rings. The second-order valence-corrected chi connectivity index (χ2v) is 4.11. The van der Waals surface area contributed by atoms with E-state index in [4.69, 9.17) is 5.73 Å². The minimum atomic E-state index is -1.89. The standard InChI is InChI=1S/C10H8N2O2S/c11-8-5-1-3-7-4-2-6-9(10(7)8)15(14)12-13/h1-6H,11H2. The lowest BCUT2D eigenvalue weighted by Gasteiger charge is -2.05. The molecule has 76 valence electrons. The zero-order valence-electron chi connectivity index (χ0n) is 7.71. The van der Waals surface area contributed by atoms with Crippen LogP contribution in [0, 0.1) is 4.91 Å². The van der Waals surface area contributed by atoms with Crippen LogP contribution in [0.15, 0.2) is 45.9 Å². The van der Waals surface area contributed by atoms with Crippen molar-refractivity contribution in [2.45, 2.75) is 4.90 Å². The van der Waals surface area contributed by atoms with Crippen LogP contribution in [-0.2, 0) is 11.4 Å². The molecule has 0 bridgehead atoms. The molecule has 0 spiro atoms. The van der Waals surface area contributed by atoms with E-state index in [0.717, 1.165) is 5.39 Å². The number of anilines is 1. The van der Waals surface area contributed by atoms with Crippen molar-refractivity contribution in [3.05, 3.63) is 41.3 Å². The summed E-state index contributed by atoms with van der Waals surface area (Å²) >= 11 is -1.89. The maximum absolute atomic E-state index is 11.4. The van der Waals surface area contributed by atoms with Gasteiger partial charge in [-0.2, -0.15) is 0 Å². The molecular formula is C10H8N2O2S. The smallest absolute Gasteiger partial charge is 0.195 e. The lowest BCUT2D eigenvalue weighted by molar-refractivity contribution is 0.597. The molecule has 2 aromatic rings. The van der Waals surface area contributed by atoms with Gasteiger partial charge in [-0.05, 0) is 17.5 Å². The summed E-state index contributed by atoms with van der Waals surface area (Å²) in [6.45, 7) is 0. The molecule has 0 saturated carbocycles. The third-order valence-electron chi connectivity index (χ3n) is 2.15. The van der Waals surface area contributed by atoms with Gasteiger partial charge in [-0.15, -0.1) is 0 Å². The normalized spacial score (nSPS) is 12.6. The number of fused-ring (bicyclic) bond motifs is 1. The zero-order valence-corrected chi connectivity index (χ0v) is 8.53. The van der Waals surface area contributed by atoms with Gasteiger partial charge in [0, 0.05) is 5.69 Å². The molecule has 2 rings (SSSR count). The van der Waals surface area contributed by atoms with E-state index < -0.39 is 11.4 Å². The predicted octanol–water partition coefficient (Wildman–Crippen LogP) is 2.21. The molecule has 0 aliphatic rings. The fraction of sp³-hybridized carbons (Fsp3) is 0. The fourth-order valence-electron chi connectivity index (χ4n) is 1.52. The van der Waals surface area contributed by atoms with Crippen LogP contribution in [0.5, 0.6) is 0 Å². The molecule has 1 atom stereocenters. The molecule has 0 saturated heterocycles. The summed E-state index contributed by atoms with van der Waals surface area (Å²) in [4.78, 5) is 10.6. The monoisotopic (exact) mass is 220 g/mol. The number of hydrogen-bond acceptors (Lipinski definition) is 4. The number of hydrogen-bond donors (Lipinski definition) is 1. The summed E-state index contributed by atoms with van der Waals surface area (Å²) in [6, 6.07) is 10.5. The quantitative estimate of drug-likeness (QED) is 0.478. The Balaban J connectivity index is 2.79. The number of rotatable bonds is 2. The molecule has 4 nitrogen and oxygen atoms in total. The Hall–Kier alpha value is -1.59. The average molecular weight is 220 g/mol. The molecule has 0 radical (unpaired) electrons. The number of nitrogen functional groups attached to an aromatic ring is 1. The first kappa shape index (κ1) is 9.95. The summed E-state index contributed by atoms with van der Waals surface area (Å²) < 4.78 is 13.9. The van der Waals surface area contributed by atoms with Gasteiger partial charge in [-0.3, -0.25) is 0 Å². The lowest BCUT2D eigenvalue weighted by Crippen LogP contribution is -1.99. The van der Waals surface area contributed by atoms with Gasteiger partial charge in [0.1, 0.15) is 0 Å². The molecule has 15 heavy (non-hydrogen) atoms. The molecule has 0 aliphatic heterocycles. The molecule has 5 heteroatoms. The lowest BCUT2D eigenvalue weighted by atomic mass is 10.1. The first-order chi connectivity index (χ1) is 7.24. The van der Waals surface area contributed by atoms with Gasteiger partial charge in [-0.1, -0.05) is 29.2 Å². The zero-order chi connectivity index (χ0) is 10.8. The maximum atomic E-state index is 11.4. The maximum Gasteiger partial charge on any atom is 0.195 e. The Kier molecular flexibility index (Phi) is 2.57. The van der Waals surface area contributed by atoms with Crippen LogP contribution in [0.4, 0.5) is 5.69 Å². The molecule has 0 aromatic heterocycles. The van der Waals surface area contributed by atoms with E-state index in [2.05, 4.69) is 4.58 Å². The van der Waals surface area contributed by atoms with Crippen molar-refractivity contribution in [2.24, 2.45) is 4.58 Å². The van der Waals surface area contributed by atoms with Crippen LogP contribution in [0.3, 0.4) is 0 Å². The van der Waals surface area contributed by atoms with E-state index in [-0.39, 0.29) is 0 Å². The second kappa shape index (κ2) is 3.88. The van der Waals surface area contributed by atoms with Crippen LogP contribution in [0.25, 0.3) is 10.8 Å². The minimum Gasteiger partial charge on any atom is -0.583 e. The van der Waals surface area contributed by atoms with E-state index in [1.807, 2.05) is 12.1 Å². The molecule has 0 amide bonds. The van der Waals surface area contributed by atoms with Crippen molar-refractivity contribution in [3.8, 4) is 0 Å². The SMILES string of the molecule is Nc1cccc2cccc([S+]([O-])N=O)c12. The van der Waals surface area contributed by atoms with Crippen molar-refractivity contribution in [3.63, 3.8) is 0 Å². The Bertz CT molecular complexity index is 510. The van der Waals surface area contributed by atoms with Crippen molar-refractivity contribution in [2.75, 3.05) is 5.73 Å². The third-order valence-corrected chi connectivity index (χ3v) is 3.01. The highest BCUT2D eigenvalue weighted by molar-refractivity contribution is 7.90. The Morgan fingerprint density at radius 2 is 1.87 bits per heavy atom. The van der Waals surface area contributed by atoms with E-state index >= 15 is 0 Å². The third kappa shape index (κ3) is 1.67. The fourth-order valence-corrected chi connectivity index (χ4v) is 2.21. The van der Waals surface area contributed by atoms with Gasteiger partial charge in [0.05, 0.1) is 5.39 Å². The highest BCUT2D eigenvalue weighted by Gasteiger charge is 2.17. The van der Waals surface area contributed by atoms with Gasteiger partial charge in [0.2, 0.25) is 0 Å². The van der Waals surface area contributed by atoms with Crippen molar-refractivity contribution < 1.29 is 4.55 Å². The van der Waals surface area contributed by atoms with Crippen LogP contribution in [-0.4, -0.2) is 4.55 Å². The van der Waals surface area contributed by atoms with Crippen molar-refractivity contribution in [1.29, 1.82) is 0 Å². The predicted molar refractivity (Wildman–Crippen MR) is 60.6 cm³/mol. The molecule has 1 unspecified atom stereocenters. The minimum absolute atomic E-state index is 0.362. The molecule has 2 aromatic carbocycles. The van der Waals surface area contributed by atoms with Gasteiger partial charge >= 0.3 is 0 Å². The summed E-state index contributed by atoms with van der Waals surface area (Å²) in [6.07, 6.45) is 0. The van der Waals surface area contributed by atoms with Crippen molar-refractivity contribution in [1.82, 2.24) is 0 Å². The second-order valence-electron chi connectivity index (χ2n) is 3.03. The number of nitrogens with zero attached hydrogens (tertiary/aromatic N) is 1. The highest BCUT2D eigenvalue weighted by Crippen LogP contribution is 2.28. The topological polar surface area (TPSA) is 78.5 Å². The first-order valence-electron chi connectivity index (χ1n) is 4.26. The van der Waals surface area contributed by atoms with Crippen molar-refractivity contribution >= 4 is 27.8 Å². The molecular weight excluding hydrogens is 212 g/mol. The molecule has 0 heterocycles.